The summed E-state index contributed by atoms with van der Waals surface area (Å²) < 4.78 is 2.25. The van der Waals surface area contributed by atoms with Crippen LogP contribution in [0.2, 0.25) is 0 Å². The Morgan fingerprint density at radius 1 is 0.968 bits per heavy atom. The highest BCUT2D eigenvalue weighted by molar-refractivity contribution is 5.81. The van der Waals surface area contributed by atoms with Gasteiger partial charge >= 0.3 is 0 Å². The van der Waals surface area contributed by atoms with Crippen molar-refractivity contribution in [1.82, 2.24) is 35.1 Å². The molecule has 0 aliphatic carbocycles. The molecule has 0 atom stereocenters. The molecule has 1 aliphatic heterocycles. The summed E-state index contributed by atoms with van der Waals surface area (Å²) in [6.45, 7) is 9.01. The van der Waals surface area contributed by atoms with Crippen molar-refractivity contribution in [2.45, 2.75) is 57.7 Å². The number of fused-ring (bicyclic) bond motifs is 1. The molecular formula is C23H27N7O. The standard InChI is InChI=1S/C23H27N7O/c1-22(2)13-17(14-23(3,4)28-22)29-10-7-15-11-19(26-27-21(15)29)18-6-5-16(12-20(18)31)30-24-8-9-25-30/h5-12,17,28,31H,13-14H2,1-4H3. The molecule has 1 saturated heterocycles. The lowest BCUT2D eigenvalue weighted by molar-refractivity contribution is 0.134. The van der Waals surface area contributed by atoms with E-state index in [4.69, 9.17) is 0 Å². The van der Waals surface area contributed by atoms with Crippen LogP contribution < -0.4 is 5.32 Å². The SMILES string of the molecule is CC1(C)CC(n2ccc3cc(-c4ccc(-n5nccn5)cc4O)nnc32)CC(C)(C)N1. The summed E-state index contributed by atoms with van der Waals surface area (Å²) in [5.41, 5.74) is 2.92. The minimum Gasteiger partial charge on any atom is -0.507 e. The number of hydrogen-bond donors (Lipinski definition) is 2. The Kier molecular flexibility index (Phi) is 4.37. The maximum absolute atomic E-state index is 10.6. The predicted molar refractivity (Wildman–Crippen MR) is 119 cm³/mol. The third-order valence-electron chi connectivity index (χ3n) is 5.93. The van der Waals surface area contributed by atoms with Crippen LogP contribution in [0.1, 0.15) is 46.6 Å². The van der Waals surface area contributed by atoms with E-state index in [9.17, 15) is 5.11 Å². The topological polar surface area (TPSA) is 93.7 Å². The van der Waals surface area contributed by atoms with Crippen LogP contribution in [-0.4, -0.2) is 45.9 Å². The number of nitrogens with one attached hydrogen (secondary N) is 1. The summed E-state index contributed by atoms with van der Waals surface area (Å²) in [5.74, 6) is 0.115. The van der Waals surface area contributed by atoms with Gasteiger partial charge in [0, 0.05) is 40.3 Å². The first-order chi connectivity index (χ1) is 14.7. The van der Waals surface area contributed by atoms with E-state index in [-0.39, 0.29) is 16.8 Å². The minimum atomic E-state index is 0.0490. The van der Waals surface area contributed by atoms with E-state index in [0.717, 1.165) is 23.9 Å². The quantitative estimate of drug-likeness (QED) is 0.526. The molecule has 4 aromatic rings. The molecular weight excluding hydrogens is 390 g/mol. The molecule has 1 fully saturated rings. The molecule has 8 heteroatoms. The minimum absolute atomic E-state index is 0.0490. The lowest BCUT2D eigenvalue weighted by Gasteiger charge is -2.47. The van der Waals surface area contributed by atoms with Crippen molar-refractivity contribution in [2.24, 2.45) is 0 Å². The highest BCUT2D eigenvalue weighted by Crippen LogP contribution is 2.38. The number of nitrogens with zero attached hydrogens (tertiary/aromatic N) is 6. The van der Waals surface area contributed by atoms with Gasteiger partial charge in [-0.2, -0.15) is 15.0 Å². The van der Waals surface area contributed by atoms with Crippen LogP contribution in [-0.2, 0) is 0 Å². The first kappa shape index (κ1) is 19.7. The van der Waals surface area contributed by atoms with Crippen LogP contribution in [0.15, 0.2) is 48.9 Å². The monoisotopic (exact) mass is 417 g/mol. The van der Waals surface area contributed by atoms with Gasteiger partial charge in [0.05, 0.1) is 23.8 Å². The molecule has 4 heterocycles. The average Bonchev–Trinajstić information content (AvgIpc) is 3.35. The average molecular weight is 418 g/mol. The van der Waals surface area contributed by atoms with Crippen molar-refractivity contribution < 1.29 is 5.11 Å². The number of aromatic nitrogens is 6. The van der Waals surface area contributed by atoms with Crippen LogP contribution in [0, 0.1) is 0 Å². The third-order valence-corrected chi connectivity index (χ3v) is 5.93. The molecule has 8 nitrogen and oxygen atoms in total. The van der Waals surface area contributed by atoms with E-state index >= 15 is 0 Å². The van der Waals surface area contributed by atoms with Crippen molar-refractivity contribution >= 4 is 11.0 Å². The molecule has 3 aromatic heterocycles. The van der Waals surface area contributed by atoms with Crippen LogP contribution in [0.25, 0.3) is 28.0 Å². The van der Waals surface area contributed by atoms with Crippen LogP contribution >= 0.6 is 0 Å². The number of phenols is 1. The summed E-state index contributed by atoms with van der Waals surface area (Å²) in [5, 5.41) is 32.5. The van der Waals surface area contributed by atoms with E-state index in [0.29, 0.717) is 23.0 Å². The van der Waals surface area contributed by atoms with Gasteiger partial charge < -0.3 is 15.0 Å². The highest BCUT2D eigenvalue weighted by atomic mass is 16.3. The molecule has 1 aliphatic rings. The Morgan fingerprint density at radius 2 is 1.68 bits per heavy atom. The van der Waals surface area contributed by atoms with Crippen LogP contribution in [0.3, 0.4) is 0 Å². The summed E-state index contributed by atoms with van der Waals surface area (Å²) >= 11 is 0. The number of piperidine rings is 1. The van der Waals surface area contributed by atoms with Crippen molar-refractivity contribution in [3.05, 3.63) is 48.9 Å². The number of aromatic hydroxyl groups is 1. The molecule has 5 rings (SSSR count). The predicted octanol–water partition coefficient (Wildman–Crippen LogP) is 3.87. The summed E-state index contributed by atoms with van der Waals surface area (Å²) in [7, 11) is 0. The van der Waals surface area contributed by atoms with E-state index in [1.165, 1.54) is 4.80 Å². The number of benzene rings is 1. The fourth-order valence-electron chi connectivity index (χ4n) is 5.06. The van der Waals surface area contributed by atoms with E-state index < -0.39 is 0 Å². The molecule has 0 amide bonds. The molecule has 0 bridgehead atoms. The summed E-state index contributed by atoms with van der Waals surface area (Å²) in [6, 6.07) is 9.71. The number of hydrogen-bond acceptors (Lipinski definition) is 6. The lowest BCUT2D eigenvalue weighted by Crippen LogP contribution is -2.57. The Labute approximate surface area is 180 Å². The molecule has 31 heavy (non-hydrogen) atoms. The Morgan fingerprint density at radius 3 is 2.35 bits per heavy atom. The fourth-order valence-corrected chi connectivity index (χ4v) is 5.06. The number of rotatable bonds is 3. The van der Waals surface area contributed by atoms with Gasteiger partial charge in [-0.25, -0.2) is 0 Å². The van der Waals surface area contributed by atoms with Crippen LogP contribution in [0.5, 0.6) is 5.75 Å². The second kappa shape index (κ2) is 6.88. The zero-order valence-electron chi connectivity index (χ0n) is 18.2. The molecule has 0 spiro atoms. The maximum Gasteiger partial charge on any atom is 0.162 e. The normalized spacial score (nSPS) is 18.5. The van der Waals surface area contributed by atoms with Gasteiger partial charge in [0.1, 0.15) is 5.75 Å². The van der Waals surface area contributed by atoms with Crippen molar-refractivity contribution in [3.8, 4) is 22.7 Å². The molecule has 1 aromatic carbocycles. The van der Waals surface area contributed by atoms with Gasteiger partial charge in [0.15, 0.2) is 5.65 Å². The molecule has 0 saturated carbocycles. The van der Waals surface area contributed by atoms with Gasteiger partial charge in [-0.1, -0.05) is 0 Å². The lowest BCUT2D eigenvalue weighted by atomic mass is 9.79. The highest BCUT2D eigenvalue weighted by Gasteiger charge is 2.38. The fraction of sp³-hybridized carbons (Fsp3) is 0.391. The largest absolute Gasteiger partial charge is 0.507 e. The van der Waals surface area contributed by atoms with Gasteiger partial charge in [-0.05, 0) is 64.8 Å². The zero-order valence-corrected chi connectivity index (χ0v) is 18.2. The smallest absolute Gasteiger partial charge is 0.162 e. The third kappa shape index (κ3) is 3.67. The summed E-state index contributed by atoms with van der Waals surface area (Å²) in [4.78, 5) is 1.46. The molecule has 160 valence electrons. The van der Waals surface area contributed by atoms with Crippen molar-refractivity contribution in [1.29, 1.82) is 0 Å². The Bertz CT molecular complexity index is 1220. The first-order valence-corrected chi connectivity index (χ1v) is 10.5. The van der Waals surface area contributed by atoms with Crippen molar-refractivity contribution in [3.63, 3.8) is 0 Å². The second-order valence-corrected chi connectivity index (χ2v) is 9.71. The van der Waals surface area contributed by atoms with Gasteiger partial charge in [-0.15, -0.1) is 10.2 Å². The Hall–Kier alpha value is -3.26. The molecule has 0 unspecified atom stereocenters. The van der Waals surface area contributed by atoms with E-state index in [2.05, 4.69) is 70.2 Å². The second-order valence-electron chi connectivity index (χ2n) is 9.71. The van der Waals surface area contributed by atoms with E-state index in [1.807, 2.05) is 18.2 Å². The maximum atomic E-state index is 10.6. The van der Waals surface area contributed by atoms with Gasteiger partial charge in [0.25, 0.3) is 0 Å². The van der Waals surface area contributed by atoms with Crippen LogP contribution in [0.4, 0.5) is 0 Å². The van der Waals surface area contributed by atoms with Gasteiger partial charge in [0.2, 0.25) is 0 Å². The first-order valence-electron chi connectivity index (χ1n) is 10.5. The Balaban J connectivity index is 1.49. The van der Waals surface area contributed by atoms with E-state index in [1.54, 1.807) is 18.5 Å². The van der Waals surface area contributed by atoms with Crippen molar-refractivity contribution in [2.75, 3.05) is 0 Å². The van der Waals surface area contributed by atoms with Gasteiger partial charge in [-0.3, -0.25) is 0 Å². The molecule has 2 N–H and O–H groups in total. The zero-order chi connectivity index (χ0) is 21.8. The molecule has 0 radical (unpaired) electrons. The number of phenolic OH excluding ortho intramolecular Hbond substituents is 1. The summed E-state index contributed by atoms with van der Waals surface area (Å²) in [6.07, 6.45) is 7.34.